The van der Waals surface area contributed by atoms with Crippen LogP contribution >= 0.6 is 0 Å². The topological polar surface area (TPSA) is 151 Å². The van der Waals surface area contributed by atoms with Crippen molar-refractivity contribution >= 4 is 0 Å². The number of aliphatic hydroxyl groups is 5. The fraction of sp³-hybridized carbons (Fsp3) is 1.00. The van der Waals surface area contributed by atoms with Crippen LogP contribution < -0.4 is 0 Å². The molecule has 5 saturated carbocycles. The van der Waals surface area contributed by atoms with E-state index < -0.39 is 48.4 Å². The van der Waals surface area contributed by atoms with Gasteiger partial charge in [-0.05, 0) is 90.8 Å². The number of hydrogen-bond acceptors (Lipinski definition) is 10. The van der Waals surface area contributed by atoms with Gasteiger partial charge in [0, 0.05) is 18.3 Å². The van der Waals surface area contributed by atoms with Crippen molar-refractivity contribution in [1.29, 1.82) is 0 Å². The number of fused-ring (bicyclic) bond motifs is 6. The first-order chi connectivity index (χ1) is 21.0. The van der Waals surface area contributed by atoms with Crippen LogP contribution in [0.25, 0.3) is 0 Å². The molecule has 0 bridgehead atoms. The Bertz CT molecular complexity index is 1280. The molecule has 3 spiro atoms. The summed E-state index contributed by atoms with van der Waals surface area (Å²) in [5.74, 6) is 0.665. The Morgan fingerprint density at radius 3 is 2.22 bits per heavy atom. The average Bonchev–Trinajstić information content (AvgIpc) is 3.82. The smallest absolute Gasteiger partial charge is 0.201 e. The Morgan fingerprint density at radius 1 is 0.800 bits per heavy atom. The number of hydrogen-bond donors (Lipinski definition) is 5. The van der Waals surface area contributed by atoms with Crippen molar-refractivity contribution in [2.75, 3.05) is 6.61 Å². The minimum Gasteiger partial charge on any atom is -0.392 e. The predicted molar refractivity (Wildman–Crippen MR) is 158 cm³/mol. The van der Waals surface area contributed by atoms with Crippen molar-refractivity contribution in [3.05, 3.63) is 0 Å². The highest BCUT2D eigenvalue weighted by atomic mass is 16.8. The van der Waals surface area contributed by atoms with Gasteiger partial charge in [-0.25, -0.2) is 0 Å². The lowest BCUT2D eigenvalue weighted by Gasteiger charge is -2.64. The highest BCUT2D eigenvalue weighted by molar-refractivity contribution is 5.33. The standard InChI is InChI=1S/C35H54O10/c1-16-12-35(27-32(6,44-27)28(40)45-35)43-18-13-31(5)20-8-7-19-29(2,3)22(42-26-25(39)24(38)17(36)14-41-26)11-21(37)34(19)15-33(20,34)10-9-30(31,4)23(16)18/h16-28,36-40H,7-15H2,1-6H3/t16-,17-,18+,19+,20+,21+,22+,23+,24+,25-,26-,27-,28?,30-,31+,32+,33+,34-,35-/m1/s1. The SMILES string of the molecule is C[C@@H]1C[C@]2(OC(O)[C@@]3(C)O[C@@H]23)O[C@H]2C[C@@]3(C)[C@@H]4CC[C@H]5C(C)(C)[C@@H](O[C@H]6OC[C@@H](O)[C@H](O)[C@H]6O)C[C@H](O)[C@@]56C[C@@]46CC[C@]3(C)[C@@H]12. The Kier molecular flexibility index (Phi) is 6.02. The second kappa shape index (κ2) is 8.84. The second-order valence-electron chi connectivity index (χ2n) is 18.4. The summed E-state index contributed by atoms with van der Waals surface area (Å²) in [4.78, 5) is 0. The molecule has 4 heterocycles. The average molecular weight is 635 g/mol. The lowest BCUT2D eigenvalue weighted by molar-refractivity contribution is -0.344. The zero-order valence-electron chi connectivity index (χ0n) is 27.6. The van der Waals surface area contributed by atoms with Crippen molar-refractivity contribution in [3.63, 3.8) is 0 Å². The lowest BCUT2D eigenvalue weighted by Crippen LogP contribution is -2.63. The van der Waals surface area contributed by atoms with Gasteiger partial charge >= 0.3 is 0 Å². The van der Waals surface area contributed by atoms with Gasteiger partial charge < -0.3 is 49.2 Å². The van der Waals surface area contributed by atoms with Gasteiger partial charge in [0.1, 0.15) is 30.0 Å². The van der Waals surface area contributed by atoms with Gasteiger partial charge in [-0.1, -0.05) is 34.6 Å². The Morgan fingerprint density at radius 2 is 1.53 bits per heavy atom. The van der Waals surface area contributed by atoms with E-state index in [0.29, 0.717) is 24.2 Å². The monoisotopic (exact) mass is 634 g/mol. The fourth-order valence-electron chi connectivity index (χ4n) is 14.2. The molecule has 9 fully saturated rings. The molecular formula is C35H54O10. The molecule has 0 aromatic heterocycles. The summed E-state index contributed by atoms with van der Waals surface area (Å²) < 4.78 is 31.2. The Balaban J connectivity index is 0.994. The van der Waals surface area contributed by atoms with Gasteiger partial charge in [0.15, 0.2) is 12.6 Å². The van der Waals surface area contributed by atoms with Gasteiger partial charge in [-0.15, -0.1) is 0 Å². The third-order valence-corrected chi connectivity index (χ3v) is 16.5. The molecule has 0 aromatic rings. The molecule has 9 aliphatic rings. The predicted octanol–water partition coefficient (Wildman–Crippen LogP) is 2.46. The molecule has 5 aliphatic carbocycles. The van der Waals surface area contributed by atoms with E-state index in [1.54, 1.807) is 0 Å². The number of aliphatic hydroxyl groups excluding tert-OH is 5. The van der Waals surface area contributed by atoms with Gasteiger partial charge in [0.2, 0.25) is 5.79 Å². The molecule has 0 radical (unpaired) electrons. The van der Waals surface area contributed by atoms with Crippen molar-refractivity contribution < 1.29 is 49.2 Å². The van der Waals surface area contributed by atoms with Crippen LogP contribution in [0.4, 0.5) is 0 Å². The summed E-state index contributed by atoms with van der Waals surface area (Å²) in [6.07, 6.45) is 0.714. The normalized spacial score (nSPS) is 66.9. The summed E-state index contributed by atoms with van der Waals surface area (Å²) in [6.45, 7) is 13.7. The minimum absolute atomic E-state index is 0.0476. The summed E-state index contributed by atoms with van der Waals surface area (Å²) in [5.41, 5.74) is -0.855. The molecule has 10 nitrogen and oxygen atoms in total. The number of epoxide rings is 1. The van der Waals surface area contributed by atoms with Gasteiger partial charge in [-0.3, -0.25) is 0 Å². The third kappa shape index (κ3) is 3.37. The molecule has 4 aliphatic heterocycles. The maximum Gasteiger partial charge on any atom is 0.201 e. The maximum atomic E-state index is 12.1. The molecule has 0 aromatic carbocycles. The lowest BCUT2D eigenvalue weighted by atomic mass is 9.41. The van der Waals surface area contributed by atoms with E-state index in [0.717, 1.165) is 44.9 Å². The molecule has 5 N–H and O–H groups in total. The maximum absolute atomic E-state index is 12.1. The van der Waals surface area contributed by atoms with Crippen molar-refractivity contribution in [3.8, 4) is 0 Å². The molecule has 19 atom stereocenters. The Hall–Kier alpha value is -0.400. The van der Waals surface area contributed by atoms with Crippen LogP contribution in [-0.2, 0) is 23.7 Å². The summed E-state index contributed by atoms with van der Waals surface area (Å²) in [7, 11) is 0. The molecule has 254 valence electrons. The van der Waals surface area contributed by atoms with E-state index in [2.05, 4.69) is 34.6 Å². The van der Waals surface area contributed by atoms with Gasteiger partial charge in [0.05, 0.1) is 24.9 Å². The van der Waals surface area contributed by atoms with E-state index in [1.165, 1.54) is 0 Å². The second-order valence-corrected chi connectivity index (χ2v) is 18.4. The van der Waals surface area contributed by atoms with Crippen LogP contribution in [0.15, 0.2) is 0 Å². The van der Waals surface area contributed by atoms with E-state index in [9.17, 15) is 25.5 Å². The van der Waals surface area contributed by atoms with Crippen molar-refractivity contribution in [2.45, 2.75) is 160 Å². The number of rotatable bonds is 2. The highest BCUT2D eigenvalue weighted by Crippen LogP contribution is 2.89. The summed E-state index contributed by atoms with van der Waals surface area (Å²) in [5, 5.41) is 53.6. The van der Waals surface area contributed by atoms with Crippen LogP contribution in [0.1, 0.15) is 92.9 Å². The van der Waals surface area contributed by atoms with Crippen LogP contribution in [0, 0.1) is 50.7 Å². The molecular weight excluding hydrogens is 580 g/mol. The number of ether oxygens (including phenoxy) is 5. The third-order valence-electron chi connectivity index (χ3n) is 16.5. The van der Waals surface area contributed by atoms with E-state index in [1.807, 2.05) is 6.92 Å². The minimum atomic E-state index is -1.34. The zero-order chi connectivity index (χ0) is 31.9. The van der Waals surface area contributed by atoms with Crippen molar-refractivity contribution in [1.82, 2.24) is 0 Å². The zero-order valence-corrected chi connectivity index (χ0v) is 27.6. The van der Waals surface area contributed by atoms with E-state index in [4.69, 9.17) is 23.7 Å². The largest absolute Gasteiger partial charge is 0.392 e. The summed E-state index contributed by atoms with van der Waals surface area (Å²) in [6, 6.07) is 0. The first-order valence-corrected chi connectivity index (χ1v) is 17.7. The molecule has 10 heteroatoms. The van der Waals surface area contributed by atoms with E-state index >= 15 is 0 Å². The molecule has 0 amide bonds. The summed E-state index contributed by atoms with van der Waals surface area (Å²) >= 11 is 0. The molecule has 1 unspecified atom stereocenters. The van der Waals surface area contributed by atoms with Crippen molar-refractivity contribution in [2.24, 2.45) is 50.7 Å². The fourth-order valence-corrected chi connectivity index (χ4v) is 14.2. The first-order valence-electron chi connectivity index (χ1n) is 17.7. The Labute approximate surface area is 266 Å². The van der Waals surface area contributed by atoms with Crippen LogP contribution in [0.3, 0.4) is 0 Å². The van der Waals surface area contributed by atoms with Crippen LogP contribution in [-0.4, -0.2) is 98.8 Å². The van der Waals surface area contributed by atoms with Gasteiger partial charge in [-0.2, -0.15) is 0 Å². The van der Waals surface area contributed by atoms with E-state index in [-0.39, 0.29) is 57.9 Å². The van der Waals surface area contributed by atoms with Gasteiger partial charge in [0.25, 0.3) is 0 Å². The first kappa shape index (κ1) is 30.6. The highest BCUT2D eigenvalue weighted by Gasteiger charge is 2.86. The molecule has 9 rings (SSSR count). The quantitative estimate of drug-likeness (QED) is 0.226. The van der Waals surface area contributed by atoms with Crippen LogP contribution in [0.2, 0.25) is 0 Å². The molecule has 4 saturated heterocycles. The molecule has 45 heavy (non-hydrogen) atoms. The van der Waals surface area contributed by atoms with Crippen LogP contribution in [0.5, 0.6) is 0 Å².